The first kappa shape index (κ1) is 18.5. The summed E-state index contributed by atoms with van der Waals surface area (Å²) in [6.07, 6.45) is -5.84. The lowest BCUT2D eigenvalue weighted by molar-refractivity contribution is -0.137. The molecule has 126 valence electrons. The molecule has 0 spiro atoms. The molecule has 23 heavy (non-hydrogen) atoms. The molecule has 0 saturated carbocycles. The maximum absolute atomic E-state index is 12.7. The van der Waals surface area contributed by atoms with Crippen LogP contribution in [-0.4, -0.2) is 28.6 Å². The van der Waals surface area contributed by atoms with Crippen molar-refractivity contribution in [3.8, 4) is 0 Å². The lowest BCUT2D eigenvalue weighted by atomic mass is 10.0. The Labute approximate surface area is 129 Å². The molecule has 0 aromatic heterocycles. The molecule has 0 heterocycles. The molecule has 1 aromatic rings. The van der Waals surface area contributed by atoms with E-state index < -0.39 is 46.4 Å². The number of carbonyl (C=O) groups is 3. The van der Waals surface area contributed by atoms with Gasteiger partial charge < -0.3 is 9.84 Å². The van der Waals surface area contributed by atoms with Crippen LogP contribution >= 0.6 is 0 Å². The van der Waals surface area contributed by atoms with E-state index in [-0.39, 0.29) is 0 Å². The first-order valence-electron chi connectivity index (χ1n) is 6.30. The Hall–Kier alpha value is -2.58. The molecule has 9 heteroatoms. The molecule has 1 aromatic carbocycles. The van der Waals surface area contributed by atoms with Crippen LogP contribution in [-0.2, 0) is 15.7 Å². The lowest BCUT2D eigenvalue weighted by Gasteiger charge is -2.20. The smallest absolute Gasteiger partial charge is 0.416 e. The zero-order valence-corrected chi connectivity index (χ0v) is 12.4. The number of hydrogen-bond acceptors (Lipinski definition) is 4. The molecular formula is C14H14F3NO5. The second-order valence-corrected chi connectivity index (χ2v) is 5.52. The monoisotopic (exact) mass is 333 g/mol. The number of ether oxygens (including phenoxy) is 1. The zero-order valence-electron chi connectivity index (χ0n) is 12.4. The Morgan fingerprint density at radius 2 is 1.70 bits per heavy atom. The number of rotatable bonds is 3. The Morgan fingerprint density at radius 1 is 1.13 bits per heavy atom. The highest BCUT2D eigenvalue weighted by atomic mass is 19.4. The van der Waals surface area contributed by atoms with Gasteiger partial charge in [0.25, 0.3) is 5.78 Å². The number of alkyl halides is 3. The van der Waals surface area contributed by atoms with Gasteiger partial charge in [-0.25, -0.2) is 9.59 Å². The van der Waals surface area contributed by atoms with Gasteiger partial charge >= 0.3 is 18.2 Å². The predicted octanol–water partition coefficient (Wildman–Crippen LogP) is 3.32. The van der Waals surface area contributed by atoms with Crippen molar-refractivity contribution in [1.82, 2.24) is 0 Å². The van der Waals surface area contributed by atoms with Crippen molar-refractivity contribution in [1.29, 1.82) is 0 Å². The standard InChI is InChI=1S/C14H14F3NO5/c1-13(2,3)23-12(22)18-9-6-7(14(15,16)17)4-5-8(9)10(19)11(20)21/h4-6H,1-3H3,(H,18,22)(H,20,21). The van der Waals surface area contributed by atoms with Crippen molar-refractivity contribution in [2.75, 3.05) is 5.32 Å². The molecule has 0 aliphatic rings. The summed E-state index contributed by atoms with van der Waals surface area (Å²) in [7, 11) is 0. The van der Waals surface area contributed by atoms with Crippen LogP contribution in [0.15, 0.2) is 18.2 Å². The van der Waals surface area contributed by atoms with Gasteiger partial charge in [-0.05, 0) is 39.0 Å². The Balaban J connectivity index is 3.26. The van der Waals surface area contributed by atoms with E-state index in [4.69, 9.17) is 9.84 Å². The van der Waals surface area contributed by atoms with Gasteiger partial charge in [0, 0.05) is 0 Å². The fourth-order valence-corrected chi connectivity index (χ4v) is 1.55. The molecular weight excluding hydrogens is 319 g/mol. The van der Waals surface area contributed by atoms with Gasteiger partial charge in [-0.1, -0.05) is 0 Å². The number of carboxylic acids is 1. The number of Topliss-reactive ketones (excluding diaryl/α,β-unsaturated/α-hetero) is 1. The fraction of sp³-hybridized carbons (Fsp3) is 0.357. The third kappa shape index (κ3) is 5.28. The summed E-state index contributed by atoms with van der Waals surface area (Å²) in [5.41, 5.74) is -3.26. The van der Waals surface area contributed by atoms with E-state index in [1.807, 2.05) is 5.32 Å². The van der Waals surface area contributed by atoms with Crippen molar-refractivity contribution >= 4 is 23.5 Å². The maximum Gasteiger partial charge on any atom is 0.416 e. The average Bonchev–Trinajstić information content (AvgIpc) is 2.34. The Bertz CT molecular complexity index is 647. The minimum absolute atomic E-state index is 0.472. The summed E-state index contributed by atoms with van der Waals surface area (Å²) >= 11 is 0. The van der Waals surface area contributed by atoms with Crippen LogP contribution in [0, 0.1) is 0 Å². The molecule has 1 rings (SSSR count). The van der Waals surface area contributed by atoms with E-state index in [0.29, 0.717) is 18.2 Å². The number of ketones is 1. The largest absolute Gasteiger partial charge is 0.475 e. The molecule has 0 atom stereocenters. The molecule has 6 nitrogen and oxygen atoms in total. The van der Waals surface area contributed by atoms with Gasteiger partial charge in [0.2, 0.25) is 0 Å². The van der Waals surface area contributed by atoms with Gasteiger partial charge in [0.1, 0.15) is 5.60 Å². The minimum Gasteiger partial charge on any atom is -0.475 e. The number of halogens is 3. The van der Waals surface area contributed by atoms with Crippen molar-refractivity contribution < 1.29 is 37.4 Å². The Morgan fingerprint density at radius 3 is 2.13 bits per heavy atom. The minimum atomic E-state index is -4.73. The van der Waals surface area contributed by atoms with Crippen LogP contribution in [0.5, 0.6) is 0 Å². The van der Waals surface area contributed by atoms with E-state index in [2.05, 4.69) is 0 Å². The zero-order chi connectivity index (χ0) is 18.0. The molecule has 0 unspecified atom stereocenters. The SMILES string of the molecule is CC(C)(C)OC(=O)Nc1cc(C(F)(F)F)ccc1C(=O)C(=O)O. The maximum atomic E-state index is 12.7. The summed E-state index contributed by atoms with van der Waals surface area (Å²) < 4.78 is 43.0. The van der Waals surface area contributed by atoms with Crippen LogP contribution in [0.2, 0.25) is 0 Å². The third-order valence-corrected chi connectivity index (χ3v) is 2.42. The van der Waals surface area contributed by atoms with Crippen LogP contribution in [0.4, 0.5) is 23.7 Å². The van der Waals surface area contributed by atoms with Gasteiger partial charge in [0.05, 0.1) is 16.8 Å². The highest BCUT2D eigenvalue weighted by molar-refractivity contribution is 6.41. The van der Waals surface area contributed by atoms with Gasteiger partial charge in [-0.2, -0.15) is 13.2 Å². The predicted molar refractivity (Wildman–Crippen MR) is 73.3 cm³/mol. The molecule has 0 aliphatic heterocycles. The molecule has 1 amide bonds. The molecule has 0 bridgehead atoms. The summed E-state index contributed by atoms with van der Waals surface area (Å²) in [6, 6.07) is 1.71. The topological polar surface area (TPSA) is 92.7 Å². The van der Waals surface area contributed by atoms with E-state index in [0.717, 1.165) is 0 Å². The van der Waals surface area contributed by atoms with E-state index in [9.17, 15) is 27.6 Å². The van der Waals surface area contributed by atoms with Gasteiger partial charge in [-0.15, -0.1) is 0 Å². The van der Waals surface area contributed by atoms with E-state index in [1.54, 1.807) is 0 Å². The quantitative estimate of drug-likeness (QED) is 0.654. The van der Waals surface area contributed by atoms with Crippen LogP contribution in [0.3, 0.4) is 0 Å². The summed E-state index contributed by atoms with van der Waals surface area (Å²) in [4.78, 5) is 33.9. The van der Waals surface area contributed by atoms with Gasteiger partial charge in [-0.3, -0.25) is 10.1 Å². The summed E-state index contributed by atoms with van der Waals surface area (Å²) in [6.45, 7) is 4.59. The number of benzene rings is 1. The van der Waals surface area contributed by atoms with Crippen LogP contribution < -0.4 is 5.32 Å². The highest BCUT2D eigenvalue weighted by Crippen LogP contribution is 2.32. The molecule has 0 fully saturated rings. The molecule has 0 aliphatic carbocycles. The number of amides is 1. The number of anilines is 1. The van der Waals surface area contributed by atoms with Gasteiger partial charge in [0.15, 0.2) is 0 Å². The van der Waals surface area contributed by atoms with E-state index >= 15 is 0 Å². The van der Waals surface area contributed by atoms with Crippen molar-refractivity contribution in [3.05, 3.63) is 29.3 Å². The molecule has 0 radical (unpaired) electrons. The number of nitrogens with one attached hydrogen (secondary N) is 1. The molecule has 2 N–H and O–H groups in total. The number of carboxylic acid groups (broad SMARTS) is 1. The third-order valence-electron chi connectivity index (χ3n) is 2.42. The van der Waals surface area contributed by atoms with Crippen molar-refractivity contribution in [2.24, 2.45) is 0 Å². The lowest BCUT2D eigenvalue weighted by Crippen LogP contribution is -2.28. The van der Waals surface area contributed by atoms with E-state index in [1.165, 1.54) is 20.8 Å². The van der Waals surface area contributed by atoms with Crippen molar-refractivity contribution in [3.63, 3.8) is 0 Å². The summed E-state index contributed by atoms with van der Waals surface area (Å²) in [5.74, 6) is -3.32. The summed E-state index contributed by atoms with van der Waals surface area (Å²) in [5, 5.41) is 10.7. The van der Waals surface area contributed by atoms with Crippen LogP contribution in [0.1, 0.15) is 36.7 Å². The van der Waals surface area contributed by atoms with Crippen LogP contribution in [0.25, 0.3) is 0 Å². The average molecular weight is 333 g/mol. The second-order valence-electron chi connectivity index (χ2n) is 5.52. The first-order chi connectivity index (χ1) is 10.3. The Kier molecular flexibility index (Phi) is 5.03. The first-order valence-corrected chi connectivity index (χ1v) is 6.30. The number of aliphatic carboxylic acids is 1. The number of carbonyl (C=O) groups excluding carboxylic acids is 2. The highest BCUT2D eigenvalue weighted by Gasteiger charge is 2.32. The number of hydrogen-bond donors (Lipinski definition) is 2. The molecule has 0 saturated heterocycles. The van der Waals surface area contributed by atoms with Crippen molar-refractivity contribution in [2.45, 2.75) is 32.5 Å². The normalized spacial score (nSPS) is 11.7. The second kappa shape index (κ2) is 6.27. The fourth-order valence-electron chi connectivity index (χ4n) is 1.55.